The van der Waals surface area contributed by atoms with Crippen LogP contribution < -0.4 is 5.73 Å². The minimum atomic E-state index is 0.0978. The summed E-state index contributed by atoms with van der Waals surface area (Å²) < 4.78 is 5.53. The monoisotopic (exact) mass is 262 g/mol. The van der Waals surface area contributed by atoms with E-state index in [-0.39, 0.29) is 5.91 Å². The molecule has 1 amide bonds. The molecule has 19 heavy (non-hydrogen) atoms. The number of carbonyl (C=O) groups is 1. The molecule has 0 aliphatic heterocycles. The average Bonchev–Trinajstić information content (AvgIpc) is 3.18. The summed E-state index contributed by atoms with van der Waals surface area (Å²) in [5.41, 5.74) is 7.35. The molecule has 1 aromatic rings. The topological polar surface area (TPSA) is 55.6 Å². The Morgan fingerprint density at radius 3 is 2.95 bits per heavy atom. The van der Waals surface area contributed by atoms with E-state index < -0.39 is 0 Å². The van der Waals surface area contributed by atoms with Crippen LogP contribution in [0.3, 0.4) is 0 Å². The summed E-state index contributed by atoms with van der Waals surface area (Å²) in [6, 6.07) is 7.46. The standard InChI is InChI=1S/C15H22N2O2/c1-17(7-8-19-11-12-5-6-12)15(18)10-13-3-2-4-14(16)9-13/h2-4,9,12H,5-8,10-11,16H2,1H3. The Kier molecular flexibility index (Phi) is 4.80. The average molecular weight is 262 g/mol. The third-order valence-electron chi connectivity index (χ3n) is 3.35. The zero-order valence-corrected chi connectivity index (χ0v) is 11.5. The van der Waals surface area contributed by atoms with Crippen LogP contribution in [0.25, 0.3) is 0 Å². The molecule has 0 atom stereocenters. The molecule has 0 bridgehead atoms. The van der Waals surface area contributed by atoms with Crippen molar-refractivity contribution in [2.75, 3.05) is 32.5 Å². The molecule has 0 saturated heterocycles. The fourth-order valence-corrected chi connectivity index (χ4v) is 1.87. The normalized spacial score (nSPS) is 14.4. The van der Waals surface area contributed by atoms with Crippen LogP contribution in [-0.4, -0.2) is 37.6 Å². The zero-order valence-electron chi connectivity index (χ0n) is 11.5. The van der Waals surface area contributed by atoms with E-state index in [4.69, 9.17) is 10.5 Å². The first-order valence-corrected chi connectivity index (χ1v) is 6.81. The van der Waals surface area contributed by atoms with Gasteiger partial charge in [-0.2, -0.15) is 0 Å². The molecule has 4 nitrogen and oxygen atoms in total. The predicted molar refractivity (Wildman–Crippen MR) is 75.7 cm³/mol. The van der Waals surface area contributed by atoms with Crippen LogP contribution in [0, 0.1) is 5.92 Å². The second-order valence-electron chi connectivity index (χ2n) is 5.26. The molecule has 1 aliphatic rings. The second kappa shape index (κ2) is 6.57. The van der Waals surface area contributed by atoms with Crippen molar-refractivity contribution >= 4 is 11.6 Å². The SMILES string of the molecule is CN(CCOCC1CC1)C(=O)Cc1cccc(N)c1. The molecule has 1 aliphatic carbocycles. The molecule has 0 radical (unpaired) electrons. The van der Waals surface area contributed by atoms with Gasteiger partial charge in [0.15, 0.2) is 0 Å². The first-order valence-electron chi connectivity index (χ1n) is 6.81. The molecule has 104 valence electrons. The molecule has 0 aromatic heterocycles. The van der Waals surface area contributed by atoms with Crippen LogP contribution in [-0.2, 0) is 16.0 Å². The van der Waals surface area contributed by atoms with Crippen molar-refractivity contribution in [2.45, 2.75) is 19.3 Å². The summed E-state index contributed by atoms with van der Waals surface area (Å²) in [6.45, 7) is 2.11. The van der Waals surface area contributed by atoms with Crippen molar-refractivity contribution in [1.29, 1.82) is 0 Å². The van der Waals surface area contributed by atoms with E-state index in [0.717, 1.165) is 18.1 Å². The number of ether oxygens (including phenoxy) is 1. The quantitative estimate of drug-likeness (QED) is 0.601. The Hall–Kier alpha value is -1.55. The number of amides is 1. The molecule has 2 N–H and O–H groups in total. The molecular formula is C15H22N2O2. The maximum atomic E-state index is 12.0. The van der Waals surface area contributed by atoms with Crippen molar-refractivity contribution in [3.63, 3.8) is 0 Å². The van der Waals surface area contributed by atoms with Gasteiger partial charge in [-0.05, 0) is 36.5 Å². The summed E-state index contributed by atoms with van der Waals surface area (Å²) in [7, 11) is 1.81. The van der Waals surface area contributed by atoms with Crippen LogP contribution in [0.1, 0.15) is 18.4 Å². The number of nitrogens with two attached hydrogens (primary N) is 1. The largest absolute Gasteiger partial charge is 0.399 e. The van der Waals surface area contributed by atoms with Gasteiger partial charge in [-0.3, -0.25) is 4.79 Å². The minimum Gasteiger partial charge on any atom is -0.399 e. The van der Waals surface area contributed by atoms with E-state index in [1.54, 1.807) is 4.90 Å². The summed E-state index contributed by atoms with van der Waals surface area (Å²) in [6.07, 6.45) is 2.98. The fraction of sp³-hybridized carbons (Fsp3) is 0.533. The molecular weight excluding hydrogens is 240 g/mol. The highest BCUT2D eigenvalue weighted by atomic mass is 16.5. The van der Waals surface area contributed by atoms with Gasteiger partial charge in [0.25, 0.3) is 0 Å². The van der Waals surface area contributed by atoms with Crippen LogP contribution in [0.5, 0.6) is 0 Å². The first kappa shape index (κ1) is 13.9. The van der Waals surface area contributed by atoms with Crippen molar-refractivity contribution in [1.82, 2.24) is 4.90 Å². The van der Waals surface area contributed by atoms with Crippen molar-refractivity contribution < 1.29 is 9.53 Å². The highest BCUT2D eigenvalue weighted by molar-refractivity contribution is 5.78. The number of hydrogen-bond donors (Lipinski definition) is 1. The third-order valence-corrected chi connectivity index (χ3v) is 3.35. The minimum absolute atomic E-state index is 0.0978. The highest BCUT2D eigenvalue weighted by Crippen LogP contribution is 2.28. The number of hydrogen-bond acceptors (Lipinski definition) is 3. The molecule has 1 fully saturated rings. The Bertz CT molecular complexity index is 430. The number of nitrogens with zero attached hydrogens (tertiary/aromatic N) is 1. The summed E-state index contributed by atoms with van der Waals surface area (Å²) in [5.74, 6) is 0.869. The first-order chi connectivity index (χ1) is 9.15. The van der Waals surface area contributed by atoms with E-state index >= 15 is 0 Å². The lowest BCUT2D eigenvalue weighted by Crippen LogP contribution is -2.31. The molecule has 0 unspecified atom stereocenters. The predicted octanol–water partition coefficient (Wildman–Crippen LogP) is 1.70. The lowest BCUT2D eigenvalue weighted by molar-refractivity contribution is -0.129. The Morgan fingerprint density at radius 1 is 1.47 bits per heavy atom. The van der Waals surface area contributed by atoms with Gasteiger partial charge < -0.3 is 15.4 Å². The van der Waals surface area contributed by atoms with E-state index in [1.165, 1.54) is 12.8 Å². The van der Waals surface area contributed by atoms with Gasteiger partial charge in [-0.15, -0.1) is 0 Å². The van der Waals surface area contributed by atoms with Gasteiger partial charge in [-0.1, -0.05) is 12.1 Å². The third kappa shape index (κ3) is 4.91. The lowest BCUT2D eigenvalue weighted by Gasteiger charge is -2.17. The summed E-state index contributed by atoms with van der Waals surface area (Å²) >= 11 is 0. The van der Waals surface area contributed by atoms with Gasteiger partial charge in [0.1, 0.15) is 0 Å². The molecule has 4 heteroatoms. The Balaban J connectivity index is 1.68. The van der Waals surface area contributed by atoms with Gasteiger partial charge in [0.05, 0.1) is 13.0 Å². The van der Waals surface area contributed by atoms with E-state index in [1.807, 2.05) is 31.3 Å². The summed E-state index contributed by atoms with van der Waals surface area (Å²) in [4.78, 5) is 13.7. The Labute approximate surface area is 114 Å². The van der Waals surface area contributed by atoms with E-state index in [2.05, 4.69) is 0 Å². The van der Waals surface area contributed by atoms with E-state index in [9.17, 15) is 4.79 Å². The second-order valence-corrected chi connectivity index (χ2v) is 5.26. The fourth-order valence-electron chi connectivity index (χ4n) is 1.87. The molecule has 0 heterocycles. The van der Waals surface area contributed by atoms with Crippen LogP contribution in [0.2, 0.25) is 0 Å². The maximum absolute atomic E-state index is 12.0. The van der Waals surface area contributed by atoms with Gasteiger partial charge in [0.2, 0.25) is 5.91 Å². The van der Waals surface area contributed by atoms with Crippen molar-refractivity contribution in [3.8, 4) is 0 Å². The van der Waals surface area contributed by atoms with Gasteiger partial charge in [0, 0.05) is 25.9 Å². The summed E-state index contributed by atoms with van der Waals surface area (Å²) in [5, 5.41) is 0. The molecule has 0 spiro atoms. The number of benzene rings is 1. The van der Waals surface area contributed by atoms with Crippen LogP contribution in [0.15, 0.2) is 24.3 Å². The van der Waals surface area contributed by atoms with Gasteiger partial charge in [-0.25, -0.2) is 0 Å². The van der Waals surface area contributed by atoms with E-state index in [0.29, 0.717) is 25.3 Å². The maximum Gasteiger partial charge on any atom is 0.226 e. The zero-order chi connectivity index (χ0) is 13.7. The smallest absolute Gasteiger partial charge is 0.226 e. The molecule has 2 rings (SSSR count). The van der Waals surface area contributed by atoms with Crippen molar-refractivity contribution in [2.24, 2.45) is 5.92 Å². The lowest BCUT2D eigenvalue weighted by atomic mass is 10.1. The molecule has 1 aromatic carbocycles. The Morgan fingerprint density at radius 2 is 2.26 bits per heavy atom. The van der Waals surface area contributed by atoms with Crippen LogP contribution >= 0.6 is 0 Å². The van der Waals surface area contributed by atoms with Crippen LogP contribution in [0.4, 0.5) is 5.69 Å². The number of anilines is 1. The van der Waals surface area contributed by atoms with Gasteiger partial charge >= 0.3 is 0 Å². The highest BCUT2D eigenvalue weighted by Gasteiger charge is 2.21. The number of rotatable bonds is 7. The number of nitrogen functional groups attached to an aromatic ring is 1. The number of carbonyl (C=O) groups excluding carboxylic acids is 1. The number of likely N-dealkylation sites (N-methyl/N-ethyl adjacent to an activating group) is 1. The van der Waals surface area contributed by atoms with Crippen molar-refractivity contribution in [3.05, 3.63) is 29.8 Å². The molecule has 1 saturated carbocycles.